The number of aliphatic carboxylic acids is 1. The number of likely N-dealkylation sites (tertiary alicyclic amines) is 1. The van der Waals surface area contributed by atoms with E-state index in [1.165, 1.54) is 0 Å². The molecule has 0 saturated carbocycles. The van der Waals surface area contributed by atoms with Gasteiger partial charge in [0.05, 0.1) is 12.7 Å². The lowest BCUT2D eigenvalue weighted by molar-refractivity contribution is -0.131. The summed E-state index contributed by atoms with van der Waals surface area (Å²) in [5.74, 6) is -1.44. The molecule has 7 heteroatoms. The highest BCUT2D eigenvalue weighted by Crippen LogP contribution is 2.19. The molecule has 0 unspecified atom stereocenters. The summed E-state index contributed by atoms with van der Waals surface area (Å²) in [6.07, 6.45) is 3.02. The van der Waals surface area contributed by atoms with Gasteiger partial charge in [0.2, 0.25) is 9.84 Å². The summed E-state index contributed by atoms with van der Waals surface area (Å²) in [6, 6.07) is 0. The van der Waals surface area contributed by atoms with Crippen LogP contribution in [0.1, 0.15) is 12.8 Å². The van der Waals surface area contributed by atoms with E-state index in [4.69, 9.17) is 5.11 Å². The zero-order valence-corrected chi connectivity index (χ0v) is 9.40. The van der Waals surface area contributed by atoms with E-state index in [0.29, 0.717) is 0 Å². The molecule has 0 bridgehead atoms. The molecule has 2 heterocycles. The Labute approximate surface area is 93.2 Å². The van der Waals surface area contributed by atoms with Crippen LogP contribution >= 0.6 is 0 Å². The molecule has 2 aliphatic heterocycles. The molecule has 1 N–H and O–H groups in total. The van der Waals surface area contributed by atoms with Crippen molar-refractivity contribution >= 4 is 20.9 Å². The number of carboxylic acid groups (broad SMARTS) is 1. The molecule has 0 aromatic heterocycles. The predicted molar refractivity (Wildman–Crippen MR) is 57.7 cm³/mol. The number of carboxylic acids is 1. The smallest absolute Gasteiger partial charge is 0.349 e. The Morgan fingerprint density at radius 1 is 1.44 bits per heavy atom. The molecule has 0 atom stereocenters. The number of aliphatic imine (C=N–C) groups is 1. The third-order valence-corrected chi connectivity index (χ3v) is 4.41. The molecule has 0 amide bonds. The van der Waals surface area contributed by atoms with Crippen LogP contribution in [0.5, 0.6) is 0 Å². The zero-order valence-electron chi connectivity index (χ0n) is 8.59. The van der Waals surface area contributed by atoms with Crippen molar-refractivity contribution in [3.05, 3.63) is 11.1 Å². The summed E-state index contributed by atoms with van der Waals surface area (Å²) in [4.78, 5) is 15.7. The summed E-state index contributed by atoms with van der Waals surface area (Å²) < 4.78 is 23.4. The number of rotatable bonds is 3. The first-order valence-electron chi connectivity index (χ1n) is 4.99. The van der Waals surface area contributed by atoms with Gasteiger partial charge in [-0.3, -0.25) is 4.90 Å². The Hall–Kier alpha value is -1.21. The molecule has 2 rings (SSSR count). The normalized spacial score (nSPS) is 24.2. The first kappa shape index (κ1) is 11.3. The van der Waals surface area contributed by atoms with Crippen LogP contribution in [0, 0.1) is 0 Å². The third-order valence-electron chi connectivity index (χ3n) is 2.69. The summed E-state index contributed by atoms with van der Waals surface area (Å²) in [5, 5.41) is 8.64. The molecule has 2 aliphatic rings. The SMILES string of the molecule is O=C(O)C1=CN=C(CN2CCCC2)S1(=O)=O. The van der Waals surface area contributed by atoms with Gasteiger partial charge in [0.1, 0.15) is 0 Å². The van der Waals surface area contributed by atoms with Gasteiger partial charge in [0, 0.05) is 0 Å². The van der Waals surface area contributed by atoms with Crippen LogP contribution in [0.2, 0.25) is 0 Å². The summed E-state index contributed by atoms with van der Waals surface area (Å²) in [5.41, 5.74) is 0. The van der Waals surface area contributed by atoms with Crippen LogP contribution in [0.4, 0.5) is 0 Å². The van der Waals surface area contributed by atoms with Gasteiger partial charge in [-0.15, -0.1) is 0 Å². The van der Waals surface area contributed by atoms with E-state index in [1.54, 1.807) is 0 Å². The van der Waals surface area contributed by atoms with E-state index in [9.17, 15) is 13.2 Å². The Morgan fingerprint density at radius 3 is 2.56 bits per heavy atom. The van der Waals surface area contributed by atoms with Crippen molar-refractivity contribution < 1.29 is 18.3 Å². The lowest BCUT2D eigenvalue weighted by atomic mass is 10.4. The predicted octanol–water partition coefficient (Wildman–Crippen LogP) is -0.165. The fourth-order valence-corrected chi connectivity index (χ4v) is 3.04. The standard InChI is InChI=1S/C9H12N2O4S/c12-9(13)7-5-10-8(16(7,14)15)6-11-3-1-2-4-11/h5H,1-4,6H2,(H,12,13). The van der Waals surface area contributed by atoms with Gasteiger partial charge in [-0.2, -0.15) is 0 Å². The van der Waals surface area contributed by atoms with Crippen molar-refractivity contribution in [3.8, 4) is 0 Å². The highest BCUT2D eigenvalue weighted by molar-refractivity contribution is 8.10. The van der Waals surface area contributed by atoms with Crippen molar-refractivity contribution in [2.45, 2.75) is 12.8 Å². The zero-order chi connectivity index (χ0) is 11.8. The van der Waals surface area contributed by atoms with Gasteiger partial charge < -0.3 is 5.11 Å². The van der Waals surface area contributed by atoms with E-state index in [2.05, 4.69) is 4.99 Å². The maximum atomic E-state index is 11.7. The highest BCUT2D eigenvalue weighted by Gasteiger charge is 2.35. The number of carbonyl (C=O) groups is 1. The van der Waals surface area contributed by atoms with Crippen molar-refractivity contribution in [3.63, 3.8) is 0 Å². The molecule has 0 aromatic rings. The van der Waals surface area contributed by atoms with E-state index in [0.717, 1.165) is 32.1 Å². The van der Waals surface area contributed by atoms with Crippen LogP contribution in [0.3, 0.4) is 0 Å². The summed E-state index contributed by atoms with van der Waals surface area (Å²) in [7, 11) is -3.84. The summed E-state index contributed by atoms with van der Waals surface area (Å²) in [6.45, 7) is 1.91. The monoisotopic (exact) mass is 244 g/mol. The van der Waals surface area contributed by atoms with Crippen molar-refractivity contribution in [2.75, 3.05) is 19.6 Å². The summed E-state index contributed by atoms with van der Waals surface area (Å²) >= 11 is 0. The highest BCUT2D eigenvalue weighted by atomic mass is 32.2. The third kappa shape index (κ3) is 1.88. The number of sulfone groups is 1. The number of nitrogens with zero attached hydrogens (tertiary/aromatic N) is 2. The first-order chi connectivity index (χ1) is 7.51. The fraction of sp³-hybridized carbons (Fsp3) is 0.556. The molecular weight excluding hydrogens is 232 g/mol. The molecule has 0 spiro atoms. The molecule has 1 saturated heterocycles. The molecule has 6 nitrogen and oxygen atoms in total. The van der Waals surface area contributed by atoms with Crippen molar-refractivity contribution in [1.29, 1.82) is 0 Å². The minimum absolute atomic E-state index is 0.0493. The number of hydrogen-bond acceptors (Lipinski definition) is 5. The lowest BCUT2D eigenvalue weighted by Crippen LogP contribution is -2.31. The largest absolute Gasteiger partial charge is 0.477 e. The van der Waals surface area contributed by atoms with Gasteiger partial charge >= 0.3 is 5.97 Å². The van der Waals surface area contributed by atoms with Gasteiger partial charge in [-0.05, 0) is 25.9 Å². The second kappa shape index (κ2) is 3.99. The van der Waals surface area contributed by atoms with Gasteiger partial charge in [-0.25, -0.2) is 18.2 Å². The average Bonchev–Trinajstić information content (AvgIpc) is 2.76. The Kier molecular flexibility index (Phi) is 2.81. The van der Waals surface area contributed by atoms with Crippen LogP contribution in [0.25, 0.3) is 0 Å². The van der Waals surface area contributed by atoms with E-state index in [-0.39, 0.29) is 11.6 Å². The van der Waals surface area contributed by atoms with Crippen LogP contribution in [-0.4, -0.2) is 49.1 Å². The van der Waals surface area contributed by atoms with Crippen LogP contribution in [0.15, 0.2) is 16.1 Å². The Balaban J connectivity index is 2.13. The maximum Gasteiger partial charge on any atom is 0.349 e. The topological polar surface area (TPSA) is 87.0 Å². The van der Waals surface area contributed by atoms with Gasteiger partial charge in [-0.1, -0.05) is 0 Å². The van der Waals surface area contributed by atoms with Crippen LogP contribution < -0.4 is 0 Å². The number of hydrogen-bond donors (Lipinski definition) is 1. The van der Waals surface area contributed by atoms with E-state index >= 15 is 0 Å². The average molecular weight is 244 g/mol. The fourth-order valence-electron chi connectivity index (χ4n) is 1.82. The molecule has 1 fully saturated rings. The molecule has 0 aromatic carbocycles. The van der Waals surface area contributed by atoms with Crippen LogP contribution in [-0.2, 0) is 14.6 Å². The Bertz CT molecular complexity index is 472. The second-order valence-corrected chi connectivity index (χ2v) is 5.73. The molecular formula is C9H12N2O4S. The van der Waals surface area contributed by atoms with Gasteiger partial charge in [0.25, 0.3) is 0 Å². The minimum Gasteiger partial charge on any atom is -0.477 e. The van der Waals surface area contributed by atoms with Crippen molar-refractivity contribution in [2.24, 2.45) is 4.99 Å². The maximum absolute atomic E-state index is 11.7. The van der Waals surface area contributed by atoms with E-state index in [1.807, 2.05) is 4.90 Å². The molecule has 16 heavy (non-hydrogen) atoms. The molecule has 0 aliphatic carbocycles. The lowest BCUT2D eigenvalue weighted by Gasteiger charge is -2.13. The minimum atomic E-state index is -3.84. The Morgan fingerprint density at radius 2 is 2.06 bits per heavy atom. The van der Waals surface area contributed by atoms with E-state index < -0.39 is 20.7 Å². The first-order valence-corrected chi connectivity index (χ1v) is 6.48. The van der Waals surface area contributed by atoms with Crippen molar-refractivity contribution in [1.82, 2.24) is 4.90 Å². The quantitative estimate of drug-likeness (QED) is 0.745. The molecule has 88 valence electrons. The van der Waals surface area contributed by atoms with Gasteiger partial charge in [0.15, 0.2) is 9.95 Å². The second-order valence-electron chi connectivity index (χ2n) is 3.81. The molecule has 0 radical (unpaired) electrons.